The van der Waals surface area contributed by atoms with Crippen LogP contribution in [0.15, 0.2) is 61.2 Å². The van der Waals surface area contributed by atoms with E-state index in [1.165, 1.54) is 23.2 Å². The van der Waals surface area contributed by atoms with Crippen molar-refractivity contribution in [1.82, 2.24) is 19.7 Å². The van der Waals surface area contributed by atoms with Gasteiger partial charge in [0.25, 0.3) is 5.91 Å². The van der Waals surface area contributed by atoms with Crippen LogP contribution >= 0.6 is 0 Å². The molecule has 166 valence electrons. The second-order valence-corrected chi connectivity index (χ2v) is 7.97. The SMILES string of the molecule is COc1cc2c(cc1Cc1ccc(-c3cnn(C)c3)nc1)C(=O)N(c1ncccc1F)CC2. The van der Waals surface area contributed by atoms with E-state index in [4.69, 9.17) is 4.74 Å². The number of aromatic nitrogens is 4. The molecule has 0 aliphatic carbocycles. The smallest absolute Gasteiger partial charge is 0.259 e. The van der Waals surface area contributed by atoms with Crippen molar-refractivity contribution in [3.63, 3.8) is 0 Å². The Hall–Kier alpha value is -4.07. The number of benzene rings is 1. The van der Waals surface area contributed by atoms with Crippen molar-refractivity contribution < 1.29 is 13.9 Å². The Kier molecular flexibility index (Phi) is 5.34. The molecule has 5 rings (SSSR count). The van der Waals surface area contributed by atoms with Gasteiger partial charge in [-0.2, -0.15) is 5.10 Å². The zero-order valence-corrected chi connectivity index (χ0v) is 18.3. The van der Waals surface area contributed by atoms with Gasteiger partial charge >= 0.3 is 0 Å². The average Bonchev–Trinajstić information content (AvgIpc) is 3.27. The predicted octanol–water partition coefficient (Wildman–Crippen LogP) is 3.82. The second kappa shape index (κ2) is 8.46. The van der Waals surface area contributed by atoms with Gasteiger partial charge in [-0.3, -0.25) is 19.4 Å². The summed E-state index contributed by atoms with van der Waals surface area (Å²) in [5.41, 5.74) is 5.07. The van der Waals surface area contributed by atoms with E-state index in [9.17, 15) is 9.18 Å². The van der Waals surface area contributed by atoms with Gasteiger partial charge in [0.2, 0.25) is 0 Å². The van der Waals surface area contributed by atoms with E-state index < -0.39 is 5.82 Å². The number of pyridine rings is 2. The molecule has 1 aliphatic heterocycles. The molecule has 1 aromatic carbocycles. The molecular formula is C25H22FN5O2. The number of rotatable bonds is 5. The van der Waals surface area contributed by atoms with Crippen LogP contribution in [0.1, 0.15) is 27.0 Å². The topological polar surface area (TPSA) is 73.1 Å². The average molecular weight is 443 g/mol. The normalized spacial score (nSPS) is 13.2. The highest BCUT2D eigenvalue weighted by Crippen LogP contribution is 2.31. The van der Waals surface area contributed by atoms with Gasteiger partial charge < -0.3 is 4.74 Å². The van der Waals surface area contributed by atoms with Gasteiger partial charge in [-0.15, -0.1) is 0 Å². The number of anilines is 1. The first-order chi connectivity index (χ1) is 16.0. The second-order valence-electron chi connectivity index (χ2n) is 7.97. The third kappa shape index (κ3) is 3.95. The largest absolute Gasteiger partial charge is 0.496 e. The predicted molar refractivity (Wildman–Crippen MR) is 122 cm³/mol. The highest BCUT2D eigenvalue weighted by atomic mass is 19.1. The van der Waals surface area contributed by atoms with Crippen LogP contribution in [0.5, 0.6) is 5.75 Å². The molecule has 0 saturated carbocycles. The fourth-order valence-corrected chi connectivity index (χ4v) is 4.13. The Bertz CT molecular complexity index is 1330. The number of carbonyl (C=O) groups is 1. The molecule has 0 spiro atoms. The highest BCUT2D eigenvalue weighted by molar-refractivity contribution is 6.08. The first-order valence-corrected chi connectivity index (χ1v) is 10.6. The molecule has 8 heteroatoms. The van der Waals surface area contributed by atoms with E-state index in [0.717, 1.165) is 33.7 Å². The number of amides is 1. The highest BCUT2D eigenvalue weighted by Gasteiger charge is 2.29. The lowest BCUT2D eigenvalue weighted by Gasteiger charge is -2.29. The zero-order valence-electron chi connectivity index (χ0n) is 18.3. The maximum atomic E-state index is 14.3. The summed E-state index contributed by atoms with van der Waals surface area (Å²) in [7, 11) is 3.49. The van der Waals surface area contributed by atoms with Gasteiger partial charge in [-0.1, -0.05) is 6.07 Å². The Labute approximate surface area is 190 Å². The number of nitrogens with zero attached hydrogens (tertiary/aromatic N) is 5. The van der Waals surface area contributed by atoms with Crippen LogP contribution in [0.25, 0.3) is 11.3 Å². The van der Waals surface area contributed by atoms with E-state index in [0.29, 0.717) is 24.9 Å². The molecule has 0 radical (unpaired) electrons. The van der Waals surface area contributed by atoms with Crippen molar-refractivity contribution >= 4 is 11.7 Å². The number of ether oxygens (including phenoxy) is 1. The quantitative estimate of drug-likeness (QED) is 0.469. The minimum absolute atomic E-state index is 0.0562. The van der Waals surface area contributed by atoms with E-state index in [1.807, 2.05) is 43.7 Å². The summed E-state index contributed by atoms with van der Waals surface area (Å²) in [4.78, 5) is 23.3. The van der Waals surface area contributed by atoms with Crippen molar-refractivity contribution in [2.24, 2.45) is 7.05 Å². The van der Waals surface area contributed by atoms with Gasteiger partial charge in [-0.05, 0) is 53.4 Å². The third-order valence-corrected chi connectivity index (χ3v) is 5.80. The number of fused-ring (bicyclic) bond motifs is 1. The number of aryl methyl sites for hydroxylation is 1. The molecule has 0 fully saturated rings. The van der Waals surface area contributed by atoms with Crippen molar-refractivity contribution in [3.05, 3.63) is 89.3 Å². The van der Waals surface area contributed by atoms with Crippen LogP contribution in [0, 0.1) is 5.82 Å². The number of methoxy groups -OCH3 is 1. The lowest BCUT2D eigenvalue weighted by molar-refractivity contribution is 0.0978. The molecular weight excluding hydrogens is 421 g/mol. The molecule has 4 aromatic rings. The van der Waals surface area contributed by atoms with Crippen LogP contribution in [-0.4, -0.2) is 39.3 Å². The summed E-state index contributed by atoms with van der Waals surface area (Å²) in [6, 6.07) is 10.5. The summed E-state index contributed by atoms with van der Waals surface area (Å²) >= 11 is 0. The number of carbonyl (C=O) groups excluding carboxylic acids is 1. The van der Waals surface area contributed by atoms with Gasteiger partial charge in [0.15, 0.2) is 11.6 Å². The first kappa shape index (κ1) is 20.8. The van der Waals surface area contributed by atoms with Crippen LogP contribution < -0.4 is 9.64 Å². The number of hydrogen-bond acceptors (Lipinski definition) is 5. The van der Waals surface area contributed by atoms with E-state index >= 15 is 0 Å². The van der Waals surface area contributed by atoms with Crippen LogP contribution in [0.3, 0.4) is 0 Å². The van der Waals surface area contributed by atoms with Crippen LogP contribution in [0.4, 0.5) is 10.2 Å². The van der Waals surface area contributed by atoms with Gasteiger partial charge in [0, 0.05) is 49.7 Å². The van der Waals surface area contributed by atoms with E-state index in [1.54, 1.807) is 18.0 Å². The van der Waals surface area contributed by atoms with Crippen molar-refractivity contribution in [2.45, 2.75) is 12.8 Å². The minimum atomic E-state index is -0.511. The summed E-state index contributed by atoms with van der Waals surface area (Å²) < 4.78 is 21.6. The molecule has 4 heterocycles. The zero-order chi connectivity index (χ0) is 22.9. The Morgan fingerprint density at radius 2 is 2.03 bits per heavy atom. The molecule has 0 unspecified atom stereocenters. The van der Waals surface area contributed by atoms with Gasteiger partial charge in [-0.25, -0.2) is 9.37 Å². The summed E-state index contributed by atoms with van der Waals surface area (Å²) in [6.45, 7) is 0.363. The standard InChI is InChI=1S/C25H22FN5O2/c1-30-15-19(14-29-30)22-6-5-16(13-28-22)10-18-11-20-17(12-23(18)33-2)7-9-31(25(20)32)24-21(26)4-3-8-27-24/h3-6,8,11-15H,7,9-10H2,1-2H3. The summed E-state index contributed by atoms with van der Waals surface area (Å²) in [5, 5.41) is 4.18. The van der Waals surface area contributed by atoms with Crippen molar-refractivity contribution in [2.75, 3.05) is 18.6 Å². The Balaban J connectivity index is 1.44. The molecule has 0 N–H and O–H groups in total. The molecule has 0 atom stereocenters. The fraction of sp³-hybridized carbons (Fsp3) is 0.200. The molecule has 33 heavy (non-hydrogen) atoms. The maximum absolute atomic E-state index is 14.3. The van der Waals surface area contributed by atoms with Crippen LogP contribution in [-0.2, 0) is 19.9 Å². The first-order valence-electron chi connectivity index (χ1n) is 10.6. The maximum Gasteiger partial charge on any atom is 0.259 e. The molecule has 0 bridgehead atoms. The molecule has 0 saturated heterocycles. The van der Waals surface area contributed by atoms with Crippen molar-refractivity contribution in [1.29, 1.82) is 0 Å². The van der Waals surface area contributed by atoms with Gasteiger partial charge in [0.05, 0.1) is 19.0 Å². The van der Waals surface area contributed by atoms with E-state index in [-0.39, 0.29) is 11.7 Å². The summed E-state index contributed by atoms with van der Waals surface area (Å²) in [6.07, 6.45) is 8.13. The Morgan fingerprint density at radius 1 is 1.15 bits per heavy atom. The van der Waals surface area contributed by atoms with Crippen LogP contribution in [0.2, 0.25) is 0 Å². The molecule has 1 amide bonds. The minimum Gasteiger partial charge on any atom is -0.496 e. The third-order valence-electron chi connectivity index (χ3n) is 5.80. The lowest BCUT2D eigenvalue weighted by Crippen LogP contribution is -2.38. The Morgan fingerprint density at radius 3 is 2.73 bits per heavy atom. The van der Waals surface area contributed by atoms with Gasteiger partial charge in [0.1, 0.15) is 5.75 Å². The molecule has 7 nitrogen and oxygen atoms in total. The monoisotopic (exact) mass is 443 g/mol. The summed E-state index contributed by atoms with van der Waals surface area (Å²) in [5.74, 6) is 0.00156. The number of halogens is 1. The van der Waals surface area contributed by atoms with E-state index in [2.05, 4.69) is 15.1 Å². The molecule has 3 aromatic heterocycles. The number of hydrogen-bond donors (Lipinski definition) is 0. The fourth-order valence-electron chi connectivity index (χ4n) is 4.13. The molecule has 1 aliphatic rings. The van der Waals surface area contributed by atoms with Crippen molar-refractivity contribution in [3.8, 4) is 17.0 Å². The lowest BCUT2D eigenvalue weighted by atomic mass is 9.93.